The zero-order valence-electron chi connectivity index (χ0n) is 12.8. The fraction of sp³-hybridized carbons (Fsp3) is 0.647. The normalized spacial score (nSPS) is 12.6. The molecule has 0 aliphatic rings. The van der Waals surface area contributed by atoms with Crippen molar-refractivity contribution >= 4 is 15.9 Å². The molecule has 2 nitrogen and oxygen atoms in total. The average Bonchev–Trinajstić information content (AvgIpc) is 2.46. The van der Waals surface area contributed by atoms with Gasteiger partial charge in [-0.25, -0.2) is 0 Å². The van der Waals surface area contributed by atoms with Gasteiger partial charge >= 0.3 is 0 Å². The second kappa shape index (κ2) is 11.3. The van der Waals surface area contributed by atoms with E-state index in [1.54, 1.807) is 0 Å². The molecule has 0 radical (unpaired) electrons. The number of hydrogen-bond donors (Lipinski definition) is 1. The number of halogens is 1. The number of benzene rings is 1. The van der Waals surface area contributed by atoms with Crippen molar-refractivity contribution in [3.05, 3.63) is 34.3 Å². The van der Waals surface area contributed by atoms with Crippen LogP contribution in [0.1, 0.15) is 38.7 Å². The molecule has 0 aliphatic heterocycles. The van der Waals surface area contributed by atoms with Crippen LogP contribution in [0.2, 0.25) is 0 Å². The van der Waals surface area contributed by atoms with Crippen molar-refractivity contribution in [2.24, 2.45) is 5.92 Å². The molecule has 0 fully saturated rings. The quantitative estimate of drug-likeness (QED) is 0.601. The molecule has 1 rings (SSSR count). The topological polar surface area (TPSA) is 21.3 Å². The van der Waals surface area contributed by atoms with Crippen molar-refractivity contribution in [2.75, 3.05) is 26.3 Å². The molecule has 0 saturated carbocycles. The summed E-state index contributed by atoms with van der Waals surface area (Å²) in [6.07, 6.45) is 4.73. The Morgan fingerprint density at radius 3 is 2.60 bits per heavy atom. The van der Waals surface area contributed by atoms with Gasteiger partial charge in [0.2, 0.25) is 0 Å². The van der Waals surface area contributed by atoms with Gasteiger partial charge in [-0.2, -0.15) is 0 Å². The van der Waals surface area contributed by atoms with Crippen LogP contribution < -0.4 is 5.32 Å². The zero-order chi connectivity index (χ0) is 14.6. The van der Waals surface area contributed by atoms with Crippen LogP contribution in [0.3, 0.4) is 0 Å². The monoisotopic (exact) mass is 341 g/mol. The number of ether oxygens (including phenoxy) is 1. The molecule has 1 N–H and O–H groups in total. The lowest BCUT2D eigenvalue weighted by Gasteiger charge is -2.18. The van der Waals surface area contributed by atoms with Crippen molar-refractivity contribution in [1.82, 2.24) is 5.32 Å². The minimum absolute atomic E-state index is 0.697. The van der Waals surface area contributed by atoms with E-state index in [4.69, 9.17) is 4.74 Å². The minimum atomic E-state index is 0.697. The number of nitrogens with one attached hydrogen (secondary N) is 1. The summed E-state index contributed by atoms with van der Waals surface area (Å²) in [4.78, 5) is 0. The van der Waals surface area contributed by atoms with Gasteiger partial charge in [0.25, 0.3) is 0 Å². The summed E-state index contributed by atoms with van der Waals surface area (Å²) in [6, 6.07) is 8.71. The molecular weight excluding hydrogens is 314 g/mol. The number of hydrogen-bond acceptors (Lipinski definition) is 2. The van der Waals surface area contributed by atoms with Gasteiger partial charge in [-0.15, -0.1) is 0 Å². The molecule has 1 unspecified atom stereocenters. The molecule has 0 amide bonds. The second-order valence-corrected chi connectivity index (χ2v) is 6.16. The van der Waals surface area contributed by atoms with E-state index in [0.29, 0.717) is 5.92 Å². The third-order valence-electron chi connectivity index (χ3n) is 3.40. The van der Waals surface area contributed by atoms with Crippen LogP contribution in [0.4, 0.5) is 0 Å². The maximum Gasteiger partial charge on any atom is 0.0466 e. The number of rotatable bonds is 11. The van der Waals surface area contributed by atoms with Crippen LogP contribution in [-0.4, -0.2) is 26.3 Å². The van der Waals surface area contributed by atoms with Crippen LogP contribution in [0, 0.1) is 5.92 Å². The van der Waals surface area contributed by atoms with Gasteiger partial charge in [0, 0.05) is 17.7 Å². The van der Waals surface area contributed by atoms with Gasteiger partial charge in [0.05, 0.1) is 0 Å². The van der Waals surface area contributed by atoms with E-state index in [1.165, 1.54) is 18.4 Å². The predicted octanol–water partition coefficient (Wildman–Crippen LogP) is 4.42. The molecule has 1 aromatic carbocycles. The molecular formula is C17H28BrNO. The Kier molecular flexibility index (Phi) is 9.98. The lowest BCUT2D eigenvalue weighted by Crippen LogP contribution is -2.25. The Hall–Kier alpha value is -0.380. The summed E-state index contributed by atoms with van der Waals surface area (Å²) in [7, 11) is 0. The predicted molar refractivity (Wildman–Crippen MR) is 90.2 cm³/mol. The Balaban J connectivity index is 2.41. The standard InChI is InChI=1S/C17H28BrNO/c1-3-11-19-14-16(6-5-12-20-4-2)13-15-7-9-17(18)10-8-15/h7-10,16,19H,3-6,11-14H2,1-2H3. The van der Waals surface area contributed by atoms with Crippen LogP contribution in [-0.2, 0) is 11.2 Å². The second-order valence-electron chi connectivity index (χ2n) is 5.24. The summed E-state index contributed by atoms with van der Waals surface area (Å²) in [5.41, 5.74) is 1.42. The van der Waals surface area contributed by atoms with Crippen LogP contribution in [0.15, 0.2) is 28.7 Å². The van der Waals surface area contributed by atoms with E-state index in [1.807, 2.05) is 0 Å². The van der Waals surface area contributed by atoms with E-state index in [-0.39, 0.29) is 0 Å². The van der Waals surface area contributed by atoms with Crippen molar-refractivity contribution in [3.63, 3.8) is 0 Å². The summed E-state index contributed by atoms with van der Waals surface area (Å²) < 4.78 is 6.60. The SMILES string of the molecule is CCCNCC(CCCOCC)Cc1ccc(Br)cc1. The highest BCUT2D eigenvalue weighted by Crippen LogP contribution is 2.17. The fourth-order valence-corrected chi connectivity index (χ4v) is 2.60. The lowest BCUT2D eigenvalue weighted by atomic mass is 9.94. The molecule has 3 heteroatoms. The zero-order valence-corrected chi connectivity index (χ0v) is 14.4. The van der Waals surface area contributed by atoms with Crippen LogP contribution in [0.5, 0.6) is 0 Å². The molecule has 0 bridgehead atoms. The molecule has 0 spiro atoms. The van der Waals surface area contributed by atoms with Gasteiger partial charge in [0.1, 0.15) is 0 Å². The van der Waals surface area contributed by atoms with Crippen molar-refractivity contribution in [3.8, 4) is 0 Å². The molecule has 1 atom stereocenters. The minimum Gasteiger partial charge on any atom is -0.382 e. The van der Waals surface area contributed by atoms with E-state index >= 15 is 0 Å². The van der Waals surface area contributed by atoms with Crippen LogP contribution >= 0.6 is 15.9 Å². The van der Waals surface area contributed by atoms with Gasteiger partial charge < -0.3 is 10.1 Å². The van der Waals surface area contributed by atoms with Crippen molar-refractivity contribution in [2.45, 2.75) is 39.5 Å². The molecule has 20 heavy (non-hydrogen) atoms. The van der Waals surface area contributed by atoms with E-state index in [9.17, 15) is 0 Å². The Morgan fingerprint density at radius 2 is 1.95 bits per heavy atom. The van der Waals surface area contributed by atoms with Crippen molar-refractivity contribution in [1.29, 1.82) is 0 Å². The lowest BCUT2D eigenvalue weighted by molar-refractivity contribution is 0.139. The first kappa shape index (κ1) is 17.7. The van der Waals surface area contributed by atoms with E-state index in [2.05, 4.69) is 59.4 Å². The first-order valence-corrected chi connectivity index (χ1v) is 8.58. The maximum atomic E-state index is 5.45. The third kappa shape index (κ3) is 8.03. The average molecular weight is 342 g/mol. The first-order valence-electron chi connectivity index (χ1n) is 7.79. The van der Waals surface area contributed by atoms with Gasteiger partial charge in [-0.05, 0) is 69.3 Å². The molecule has 0 heterocycles. The summed E-state index contributed by atoms with van der Waals surface area (Å²) in [5.74, 6) is 0.697. The van der Waals surface area contributed by atoms with Crippen LogP contribution in [0.25, 0.3) is 0 Å². The van der Waals surface area contributed by atoms with Gasteiger partial charge in [-0.1, -0.05) is 35.0 Å². The molecule has 114 valence electrons. The van der Waals surface area contributed by atoms with Crippen molar-refractivity contribution < 1.29 is 4.74 Å². The highest BCUT2D eigenvalue weighted by atomic mass is 79.9. The summed E-state index contributed by atoms with van der Waals surface area (Å²) >= 11 is 3.49. The Morgan fingerprint density at radius 1 is 1.20 bits per heavy atom. The van der Waals surface area contributed by atoms with Gasteiger partial charge in [-0.3, -0.25) is 0 Å². The molecule has 0 aliphatic carbocycles. The smallest absolute Gasteiger partial charge is 0.0466 e. The van der Waals surface area contributed by atoms with Gasteiger partial charge in [0.15, 0.2) is 0 Å². The molecule has 0 saturated heterocycles. The summed E-state index contributed by atoms with van der Waals surface area (Å²) in [6.45, 7) is 8.21. The Bertz CT molecular complexity index is 339. The molecule has 1 aromatic rings. The third-order valence-corrected chi connectivity index (χ3v) is 3.93. The summed E-state index contributed by atoms with van der Waals surface area (Å²) in [5, 5.41) is 3.56. The molecule has 0 aromatic heterocycles. The highest BCUT2D eigenvalue weighted by Gasteiger charge is 2.09. The first-order chi connectivity index (χ1) is 9.76. The van der Waals surface area contributed by atoms with E-state index < -0.39 is 0 Å². The van der Waals surface area contributed by atoms with E-state index in [0.717, 1.165) is 43.6 Å². The largest absolute Gasteiger partial charge is 0.382 e. The maximum absolute atomic E-state index is 5.45. The Labute approximate surface area is 132 Å². The fourth-order valence-electron chi connectivity index (χ4n) is 2.33. The highest BCUT2D eigenvalue weighted by molar-refractivity contribution is 9.10.